The Morgan fingerprint density at radius 3 is 2.88 bits per heavy atom. The van der Waals surface area contributed by atoms with E-state index in [0.717, 1.165) is 0 Å². The summed E-state index contributed by atoms with van der Waals surface area (Å²) in [5.74, 6) is 1.07. The lowest BCUT2D eigenvalue weighted by Gasteiger charge is -2.05. The highest BCUT2D eigenvalue weighted by molar-refractivity contribution is 9.10. The normalized spacial score (nSPS) is 10.4. The molecule has 1 aromatic carbocycles. The Balaban J connectivity index is 2.04. The summed E-state index contributed by atoms with van der Waals surface area (Å²) in [5.41, 5.74) is 0. The Morgan fingerprint density at radius 1 is 1.44 bits per heavy atom. The van der Waals surface area contributed by atoms with Gasteiger partial charge in [0.25, 0.3) is 5.89 Å². The molecule has 0 atom stereocenters. The van der Waals surface area contributed by atoms with Crippen LogP contribution >= 0.6 is 15.9 Å². The molecule has 0 unspecified atom stereocenters. The summed E-state index contributed by atoms with van der Waals surface area (Å²) in [6.07, 6.45) is 0. The summed E-state index contributed by atoms with van der Waals surface area (Å²) >= 11 is 3.19. The van der Waals surface area contributed by atoms with Crippen LogP contribution in [0.15, 0.2) is 27.1 Å². The molecule has 2 aromatic rings. The zero-order chi connectivity index (χ0) is 11.5. The molecule has 0 radical (unpaired) electrons. The third kappa shape index (κ3) is 2.57. The molecule has 1 aromatic heterocycles. The standard InChI is InChI=1S/C10H8BrFN2O2/c1-6-13-14-10(16-6)5-15-9-3-2-7(12)4-8(9)11/h2-4H,5H2,1H3. The van der Waals surface area contributed by atoms with Gasteiger partial charge in [0, 0.05) is 6.92 Å². The summed E-state index contributed by atoms with van der Waals surface area (Å²) < 4.78 is 23.8. The predicted octanol–water partition coefficient (Wildman–Crippen LogP) is 2.86. The van der Waals surface area contributed by atoms with Crippen LogP contribution in [-0.4, -0.2) is 10.2 Å². The Kier molecular flexibility index (Phi) is 3.19. The molecule has 0 saturated carbocycles. The van der Waals surface area contributed by atoms with Crippen LogP contribution in [0.2, 0.25) is 0 Å². The second-order valence-electron chi connectivity index (χ2n) is 3.08. The molecule has 0 N–H and O–H groups in total. The van der Waals surface area contributed by atoms with Gasteiger partial charge in [-0.1, -0.05) is 0 Å². The molecular weight excluding hydrogens is 279 g/mol. The van der Waals surface area contributed by atoms with E-state index in [2.05, 4.69) is 26.1 Å². The molecule has 6 heteroatoms. The molecule has 0 aliphatic rings. The quantitative estimate of drug-likeness (QED) is 0.871. The van der Waals surface area contributed by atoms with Crippen molar-refractivity contribution in [3.8, 4) is 5.75 Å². The van der Waals surface area contributed by atoms with Gasteiger partial charge in [-0.25, -0.2) is 4.39 Å². The number of aryl methyl sites for hydroxylation is 1. The van der Waals surface area contributed by atoms with Gasteiger partial charge in [-0.3, -0.25) is 0 Å². The van der Waals surface area contributed by atoms with Crippen LogP contribution in [0.1, 0.15) is 11.8 Å². The third-order valence-electron chi connectivity index (χ3n) is 1.81. The predicted molar refractivity (Wildman–Crippen MR) is 57.5 cm³/mol. The highest BCUT2D eigenvalue weighted by atomic mass is 79.9. The van der Waals surface area contributed by atoms with E-state index in [1.165, 1.54) is 18.2 Å². The summed E-state index contributed by atoms with van der Waals surface area (Å²) in [6, 6.07) is 4.18. The smallest absolute Gasteiger partial charge is 0.253 e. The van der Waals surface area contributed by atoms with Crippen LogP contribution in [-0.2, 0) is 6.61 Å². The largest absolute Gasteiger partial charge is 0.483 e. The first-order valence-electron chi connectivity index (χ1n) is 4.52. The van der Waals surface area contributed by atoms with E-state index in [0.29, 0.717) is 22.0 Å². The maximum absolute atomic E-state index is 12.8. The number of benzene rings is 1. The molecule has 0 amide bonds. The maximum atomic E-state index is 12.8. The van der Waals surface area contributed by atoms with Crippen molar-refractivity contribution in [3.63, 3.8) is 0 Å². The summed E-state index contributed by atoms with van der Waals surface area (Å²) in [7, 11) is 0. The van der Waals surface area contributed by atoms with E-state index >= 15 is 0 Å². The number of ether oxygens (including phenoxy) is 1. The molecule has 0 aliphatic heterocycles. The Bertz CT molecular complexity index is 501. The van der Waals surface area contributed by atoms with Gasteiger partial charge in [0.05, 0.1) is 4.47 Å². The number of rotatable bonds is 3. The zero-order valence-electron chi connectivity index (χ0n) is 8.41. The monoisotopic (exact) mass is 286 g/mol. The SMILES string of the molecule is Cc1nnc(COc2ccc(F)cc2Br)o1. The van der Waals surface area contributed by atoms with Gasteiger partial charge in [0.2, 0.25) is 5.89 Å². The molecule has 0 fully saturated rings. The molecule has 0 spiro atoms. The Labute approximate surface area is 99.6 Å². The average molecular weight is 287 g/mol. The third-order valence-corrected chi connectivity index (χ3v) is 2.43. The molecule has 1 heterocycles. The van der Waals surface area contributed by atoms with Crippen LogP contribution in [0.5, 0.6) is 5.75 Å². The molecular formula is C10H8BrFN2O2. The van der Waals surface area contributed by atoms with Crippen molar-refractivity contribution in [1.82, 2.24) is 10.2 Å². The molecule has 0 saturated heterocycles. The summed E-state index contributed by atoms with van der Waals surface area (Å²) in [6.45, 7) is 1.86. The summed E-state index contributed by atoms with van der Waals surface area (Å²) in [5, 5.41) is 7.44. The lowest BCUT2D eigenvalue weighted by atomic mass is 10.3. The van der Waals surface area contributed by atoms with Crippen LogP contribution < -0.4 is 4.74 Å². The minimum Gasteiger partial charge on any atom is -0.483 e. The average Bonchev–Trinajstić information content (AvgIpc) is 2.63. The highest BCUT2D eigenvalue weighted by Gasteiger charge is 2.06. The van der Waals surface area contributed by atoms with E-state index < -0.39 is 0 Å². The van der Waals surface area contributed by atoms with Crippen LogP contribution in [0.4, 0.5) is 4.39 Å². The van der Waals surface area contributed by atoms with E-state index in [1.54, 1.807) is 6.92 Å². The van der Waals surface area contributed by atoms with Gasteiger partial charge in [-0.2, -0.15) is 0 Å². The fourth-order valence-electron chi connectivity index (χ4n) is 1.13. The first-order chi connectivity index (χ1) is 7.65. The van der Waals surface area contributed by atoms with Crippen molar-refractivity contribution in [2.45, 2.75) is 13.5 Å². The van der Waals surface area contributed by atoms with Gasteiger partial charge in [0.15, 0.2) is 6.61 Å². The fraction of sp³-hybridized carbons (Fsp3) is 0.200. The minimum atomic E-state index is -0.326. The molecule has 84 valence electrons. The summed E-state index contributed by atoms with van der Waals surface area (Å²) in [4.78, 5) is 0. The van der Waals surface area contributed by atoms with Gasteiger partial charge in [0.1, 0.15) is 11.6 Å². The Hall–Kier alpha value is -1.43. The maximum Gasteiger partial charge on any atom is 0.253 e. The van der Waals surface area contributed by atoms with Gasteiger partial charge in [-0.05, 0) is 34.1 Å². The zero-order valence-corrected chi connectivity index (χ0v) is 9.99. The van der Waals surface area contributed by atoms with Crippen molar-refractivity contribution < 1.29 is 13.5 Å². The molecule has 16 heavy (non-hydrogen) atoms. The van der Waals surface area contributed by atoms with Crippen LogP contribution in [0.3, 0.4) is 0 Å². The van der Waals surface area contributed by atoms with E-state index in [-0.39, 0.29) is 12.4 Å². The van der Waals surface area contributed by atoms with E-state index in [4.69, 9.17) is 9.15 Å². The molecule has 4 nitrogen and oxygen atoms in total. The molecule has 0 bridgehead atoms. The number of nitrogens with zero attached hydrogens (tertiary/aromatic N) is 2. The molecule has 0 aliphatic carbocycles. The first kappa shape index (κ1) is 11.1. The van der Waals surface area contributed by atoms with Crippen LogP contribution in [0.25, 0.3) is 0 Å². The lowest BCUT2D eigenvalue weighted by molar-refractivity contribution is 0.258. The van der Waals surface area contributed by atoms with E-state index in [9.17, 15) is 4.39 Å². The number of aromatic nitrogens is 2. The topological polar surface area (TPSA) is 48.2 Å². The first-order valence-corrected chi connectivity index (χ1v) is 5.31. The van der Waals surface area contributed by atoms with Crippen LogP contribution in [0, 0.1) is 12.7 Å². The minimum absolute atomic E-state index is 0.158. The number of hydrogen-bond donors (Lipinski definition) is 0. The second kappa shape index (κ2) is 4.61. The lowest BCUT2D eigenvalue weighted by Crippen LogP contribution is -1.96. The van der Waals surface area contributed by atoms with E-state index in [1.807, 2.05) is 0 Å². The highest BCUT2D eigenvalue weighted by Crippen LogP contribution is 2.26. The fourth-order valence-corrected chi connectivity index (χ4v) is 1.59. The second-order valence-corrected chi connectivity index (χ2v) is 3.93. The van der Waals surface area contributed by atoms with Gasteiger partial charge >= 0.3 is 0 Å². The van der Waals surface area contributed by atoms with Gasteiger partial charge < -0.3 is 9.15 Å². The van der Waals surface area contributed by atoms with Crippen molar-refractivity contribution in [3.05, 3.63) is 40.3 Å². The van der Waals surface area contributed by atoms with Crippen molar-refractivity contribution >= 4 is 15.9 Å². The number of hydrogen-bond acceptors (Lipinski definition) is 4. The number of halogens is 2. The van der Waals surface area contributed by atoms with Crippen molar-refractivity contribution in [2.24, 2.45) is 0 Å². The molecule has 2 rings (SSSR count). The van der Waals surface area contributed by atoms with Crippen molar-refractivity contribution in [2.75, 3.05) is 0 Å². The van der Waals surface area contributed by atoms with Crippen molar-refractivity contribution in [1.29, 1.82) is 0 Å². The Morgan fingerprint density at radius 2 is 2.25 bits per heavy atom. The van der Waals surface area contributed by atoms with Gasteiger partial charge in [-0.15, -0.1) is 10.2 Å².